The van der Waals surface area contributed by atoms with Gasteiger partial charge in [-0.15, -0.1) is 5.10 Å². The van der Waals surface area contributed by atoms with Gasteiger partial charge in [0.25, 0.3) is 0 Å². The summed E-state index contributed by atoms with van der Waals surface area (Å²) in [5.74, 6) is 0. The molecule has 0 spiro atoms. The Labute approximate surface area is 179 Å². The summed E-state index contributed by atoms with van der Waals surface area (Å²) >= 11 is 0. The number of rotatable bonds is 4. The molecule has 0 bridgehead atoms. The van der Waals surface area contributed by atoms with Crippen LogP contribution in [0.2, 0.25) is 0 Å². The second-order valence-electron chi connectivity index (χ2n) is 8.13. The molecule has 0 atom stereocenters. The van der Waals surface area contributed by atoms with Crippen molar-refractivity contribution < 1.29 is 9.53 Å². The van der Waals surface area contributed by atoms with Crippen molar-refractivity contribution in [3.8, 4) is 0 Å². The van der Waals surface area contributed by atoms with Gasteiger partial charge in [0.2, 0.25) is 0 Å². The first-order chi connectivity index (χ1) is 14.8. The number of hydrogen-bond acceptors (Lipinski definition) is 7. The number of hydrazone groups is 1. The van der Waals surface area contributed by atoms with Crippen LogP contribution in [0.3, 0.4) is 0 Å². The summed E-state index contributed by atoms with van der Waals surface area (Å²) in [6.45, 7) is 7.65. The van der Waals surface area contributed by atoms with Crippen molar-refractivity contribution in [2.45, 2.75) is 39.8 Å². The monoisotopic (exact) mass is 417 g/mol. The van der Waals surface area contributed by atoms with E-state index in [0.29, 0.717) is 29.1 Å². The van der Waals surface area contributed by atoms with Gasteiger partial charge in [0.05, 0.1) is 23.5 Å². The molecule has 0 aliphatic carbocycles. The van der Waals surface area contributed by atoms with Crippen LogP contribution in [0.4, 0.5) is 4.79 Å². The van der Waals surface area contributed by atoms with E-state index in [0.717, 1.165) is 16.5 Å². The molecule has 0 saturated carbocycles. The molecule has 0 fully saturated rings. The van der Waals surface area contributed by atoms with Crippen molar-refractivity contribution in [2.75, 3.05) is 0 Å². The standard InChI is InChI=1S/C22H23N7O2/c1-14(25-27-21(30)31-22(2,3)4)17-9-10-19-20(24-17)29(28-26-19)13-15-7-8-18-16(12-15)6-5-11-23-18/h5-12H,13H2,1-4H3,(H,27,30)/b25-14+. The van der Waals surface area contributed by atoms with Gasteiger partial charge >= 0.3 is 6.09 Å². The van der Waals surface area contributed by atoms with Crippen LogP contribution in [0.1, 0.15) is 39.0 Å². The Hall–Kier alpha value is -3.88. The fourth-order valence-electron chi connectivity index (χ4n) is 3.05. The molecule has 9 nitrogen and oxygen atoms in total. The number of carbonyl (C=O) groups is 1. The molecule has 9 heteroatoms. The van der Waals surface area contributed by atoms with Crippen molar-refractivity contribution in [3.63, 3.8) is 0 Å². The van der Waals surface area contributed by atoms with Gasteiger partial charge in [-0.05, 0) is 63.6 Å². The van der Waals surface area contributed by atoms with E-state index in [1.165, 1.54) is 0 Å². The van der Waals surface area contributed by atoms with Gasteiger partial charge < -0.3 is 4.74 Å². The molecule has 3 aromatic heterocycles. The van der Waals surface area contributed by atoms with Crippen LogP contribution >= 0.6 is 0 Å². The molecule has 1 N–H and O–H groups in total. The summed E-state index contributed by atoms with van der Waals surface area (Å²) in [5, 5.41) is 13.6. The molecule has 31 heavy (non-hydrogen) atoms. The third-order valence-corrected chi connectivity index (χ3v) is 4.44. The highest BCUT2D eigenvalue weighted by molar-refractivity contribution is 5.98. The van der Waals surface area contributed by atoms with E-state index >= 15 is 0 Å². The van der Waals surface area contributed by atoms with Crippen LogP contribution in [-0.2, 0) is 11.3 Å². The molecule has 0 unspecified atom stereocenters. The zero-order valence-corrected chi connectivity index (χ0v) is 17.8. The lowest BCUT2D eigenvalue weighted by molar-refractivity contribution is 0.0529. The molecule has 4 rings (SSSR count). The maximum Gasteiger partial charge on any atom is 0.428 e. The molecular formula is C22H23N7O2. The summed E-state index contributed by atoms with van der Waals surface area (Å²) < 4.78 is 6.93. The van der Waals surface area contributed by atoms with E-state index < -0.39 is 11.7 Å². The quantitative estimate of drug-likeness (QED) is 0.401. The highest BCUT2D eigenvalue weighted by atomic mass is 16.6. The van der Waals surface area contributed by atoms with Crippen molar-refractivity contribution in [2.24, 2.45) is 5.10 Å². The first-order valence-electron chi connectivity index (χ1n) is 9.86. The van der Waals surface area contributed by atoms with E-state index in [2.05, 4.69) is 36.9 Å². The summed E-state index contributed by atoms with van der Waals surface area (Å²) in [7, 11) is 0. The second kappa shape index (κ2) is 8.10. The number of benzene rings is 1. The minimum Gasteiger partial charge on any atom is -0.443 e. The van der Waals surface area contributed by atoms with Crippen LogP contribution in [0, 0.1) is 0 Å². The number of fused-ring (bicyclic) bond motifs is 2. The number of carbonyl (C=O) groups excluding carboxylic acids is 1. The lowest BCUT2D eigenvalue weighted by Crippen LogP contribution is -2.30. The Morgan fingerprint density at radius 1 is 1.16 bits per heavy atom. The Morgan fingerprint density at radius 2 is 1.97 bits per heavy atom. The number of nitrogens with one attached hydrogen (secondary N) is 1. The summed E-state index contributed by atoms with van der Waals surface area (Å²) in [4.78, 5) is 20.8. The summed E-state index contributed by atoms with van der Waals surface area (Å²) in [6, 6.07) is 13.6. The largest absolute Gasteiger partial charge is 0.443 e. The molecule has 4 aromatic rings. The molecule has 0 aliphatic heterocycles. The van der Waals surface area contributed by atoms with Crippen LogP contribution < -0.4 is 5.43 Å². The molecule has 1 amide bonds. The van der Waals surface area contributed by atoms with Crippen molar-refractivity contribution in [3.05, 3.63) is 59.9 Å². The predicted octanol–water partition coefficient (Wildman–Crippen LogP) is 3.67. The fraction of sp³-hybridized carbons (Fsp3) is 0.273. The van der Waals surface area contributed by atoms with Crippen molar-refractivity contribution in [1.82, 2.24) is 30.4 Å². The third kappa shape index (κ3) is 4.82. The third-order valence-electron chi connectivity index (χ3n) is 4.44. The number of pyridine rings is 2. The van der Waals surface area contributed by atoms with Crippen molar-refractivity contribution in [1.29, 1.82) is 0 Å². The van der Waals surface area contributed by atoms with E-state index in [4.69, 9.17) is 4.74 Å². The van der Waals surface area contributed by atoms with Crippen LogP contribution in [0.25, 0.3) is 22.1 Å². The highest BCUT2D eigenvalue weighted by Crippen LogP contribution is 2.16. The van der Waals surface area contributed by atoms with Gasteiger partial charge in [-0.3, -0.25) is 4.98 Å². The smallest absolute Gasteiger partial charge is 0.428 e. The minimum atomic E-state index is -0.620. The van der Waals surface area contributed by atoms with E-state index in [9.17, 15) is 4.79 Å². The normalized spacial score (nSPS) is 12.3. The first-order valence-corrected chi connectivity index (χ1v) is 9.86. The SMILES string of the molecule is C/C(=N\NC(=O)OC(C)(C)C)c1ccc2nnn(Cc3ccc4ncccc4c3)c2n1. The zero-order chi connectivity index (χ0) is 22.0. The second-order valence-corrected chi connectivity index (χ2v) is 8.13. The number of nitrogens with zero attached hydrogens (tertiary/aromatic N) is 6. The van der Waals surface area contributed by atoms with Crippen LogP contribution in [0.5, 0.6) is 0 Å². The van der Waals surface area contributed by atoms with Gasteiger partial charge in [0.15, 0.2) is 5.65 Å². The van der Waals surface area contributed by atoms with E-state index in [-0.39, 0.29) is 0 Å². The average Bonchev–Trinajstić information content (AvgIpc) is 3.12. The van der Waals surface area contributed by atoms with Crippen LogP contribution in [-0.4, -0.2) is 42.4 Å². The molecule has 158 valence electrons. The Kier molecular flexibility index (Phi) is 5.33. The number of amides is 1. The fourth-order valence-corrected chi connectivity index (χ4v) is 3.05. The molecule has 0 aliphatic rings. The van der Waals surface area contributed by atoms with Gasteiger partial charge in [-0.25, -0.2) is 19.9 Å². The highest BCUT2D eigenvalue weighted by Gasteiger charge is 2.16. The minimum absolute atomic E-state index is 0.518. The average molecular weight is 417 g/mol. The Balaban J connectivity index is 1.56. The lowest BCUT2D eigenvalue weighted by Gasteiger charge is -2.18. The van der Waals surface area contributed by atoms with E-state index in [1.807, 2.05) is 30.3 Å². The summed E-state index contributed by atoms with van der Waals surface area (Å²) in [5.41, 5.74) is 6.27. The lowest BCUT2D eigenvalue weighted by atomic mass is 10.1. The van der Waals surface area contributed by atoms with Crippen LogP contribution in [0.15, 0.2) is 53.8 Å². The Bertz CT molecular complexity index is 1290. The molecule has 1 aromatic carbocycles. The molecule has 3 heterocycles. The molecule has 0 radical (unpaired) electrons. The van der Waals surface area contributed by atoms with E-state index in [1.54, 1.807) is 44.6 Å². The topological polar surface area (TPSA) is 107 Å². The molecule has 0 saturated heterocycles. The first kappa shape index (κ1) is 20.4. The number of aromatic nitrogens is 5. The maximum atomic E-state index is 11.8. The molecular weight excluding hydrogens is 394 g/mol. The van der Waals surface area contributed by atoms with Gasteiger partial charge in [0.1, 0.15) is 11.1 Å². The summed E-state index contributed by atoms with van der Waals surface area (Å²) in [6.07, 6.45) is 1.16. The van der Waals surface area contributed by atoms with Gasteiger partial charge in [-0.1, -0.05) is 17.3 Å². The Morgan fingerprint density at radius 3 is 2.77 bits per heavy atom. The van der Waals surface area contributed by atoms with Gasteiger partial charge in [-0.2, -0.15) is 5.10 Å². The number of ether oxygens (including phenoxy) is 1. The van der Waals surface area contributed by atoms with Gasteiger partial charge in [0, 0.05) is 11.6 Å². The maximum absolute atomic E-state index is 11.8. The zero-order valence-electron chi connectivity index (χ0n) is 17.8. The number of hydrogen-bond donors (Lipinski definition) is 1. The predicted molar refractivity (Wildman–Crippen MR) is 118 cm³/mol. The van der Waals surface area contributed by atoms with Crippen molar-refractivity contribution >= 4 is 33.9 Å².